The Bertz CT molecular complexity index is 128. The first kappa shape index (κ1) is 8.93. The van der Waals surface area contributed by atoms with Crippen molar-refractivity contribution in [3.8, 4) is 0 Å². The molecule has 0 saturated carbocycles. The van der Waals surface area contributed by atoms with Crippen LogP contribution in [0.4, 0.5) is 0 Å². The van der Waals surface area contributed by atoms with Gasteiger partial charge in [-0.15, -0.1) is 0 Å². The van der Waals surface area contributed by atoms with E-state index in [0.29, 0.717) is 6.42 Å². The summed E-state index contributed by atoms with van der Waals surface area (Å²) < 4.78 is 4.88. The molecule has 0 amide bonds. The van der Waals surface area contributed by atoms with Crippen LogP contribution in [0.5, 0.6) is 0 Å². The number of ether oxygens (including phenoxy) is 1. The van der Waals surface area contributed by atoms with Crippen LogP contribution in [0, 0.1) is 0 Å². The fraction of sp³-hybridized carbons (Fsp3) is 1.00. The minimum absolute atomic E-state index is 0.412. The summed E-state index contributed by atoms with van der Waals surface area (Å²) >= 11 is 0. The summed E-state index contributed by atoms with van der Waals surface area (Å²) in [7, 11) is 0. The summed E-state index contributed by atoms with van der Waals surface area (Å²) in [5, 5.41) is 27.2. The van der Waals surface area contributed by atoms with E-state index >= 15 is 0 Å². The molecule has 3 N–H and O–H groups in total. The molecule has 1 aliphatic rings. The van der Waals surface area contributed by atoms with Gasteiger partial charge in [-0.3, -0.25) is 0 Å². The van der Waals surface area contributed by atoms with Gasteiger partial charge < -0.3 is 20.1 Å². The Balaban J connectivity index is 2.45. The van der Waals surface area contributed by atoms with E-state index in [4.69, 9.17) is 14.9 Å². The summed E-state index contributed by atoms with van der Waals surface area (Å²) in [5.74, 6) is 0. The predicted octanol–water partition coefficient (Wildman–Crippen LogP) is -0.774. The SMILES string of the molecule is CCC[C@@H]1O[C@H](O)C(O)C1O. The summed E-state index contributed by atoms with van der Waals surface area (Å²) in [6, 6.07) is 0. The lowest BCUT2D eigenvalue weighted by molar-refractivity contribution is -0.127. The summed E-state index contributed by atoms with van der Waals surface area (Å²) in [6.07, 6.45) is -2.20. The average Bonchev–Trinajstić information content (AvgIpc) is 2.19. The van der Waals surface area contributed by atoms with Crippen molar-refractivity contribution >= 4 is 0 Å². The highest BCUT2D eigenvalue weighted by atomic mass is 16.6. The minimum Gasteiger partial charge on any atom is -0.387 e. The highest BCUT2D eigenvalue weighted by Crippen LogP contribution is 2.22. The highest BCUT2D eigenvalue weighted by Gasteiger charge is 2.40. The number of hydrogen-bond acceptors (Lipinski definition) is 4. The normalized spacial score (nSPS) is 44.7. The molecule has 0 aromatic rings. The molecule has 4 atom stereocenters. The van der Waals surface area contributed by atoms with Crippen molar-refractivity contribution in [1.82, 2.24) is 0 Å². The Labute approximate surface area is 65.4 Å². The largest absolute Gasteiger partial charge is 0.387 e. The van der Waals surface area contributed by atoms with Crippen LogP contribution in [0.25, 0.3) is 0 Å². The van der Waals surface area contributed by atoms with Crippen LogP contribution in [-0.2, 0) is 4.74 Å². The van der Waals surface area contributed by atoms with Gasteiger partial charge in [0.15, 0.2) is 6.29 Å². The Morgan fingerprint density at radius 1 is 1.18 bits per heavy atom. The van der Waals surface area contributed by atoms with Gasteiger partial charge in [-0.2, -0.15) is 0 Å². The molecule has 0 spiro atoms. The van der Waals surface area contributed by atoms with Crippen LogP contribution in [0.1, 0.15) is 19.8 Å². The molecule has 1 saturated heterocycles. The molecular formula is C7H14O4. The first-order valence-corrected chi connectivity index (χ1v) is 3.86. The third kappa shape index (κ3) is 1.70. The fourth-order valence-corrected chi connectivity index (χ4v) is 1.25. The van der Waals surface area contributed by atoms with Crippen molar-refractivity contribution in [2.75, 3.05) is 0 Å². The van der Waals surface area contributed by atoms with Crippen LogP contribution in [-0.4, -0.2) is 39.9 Å². The summed E-state index contributed by atoms with van der Waals surface area (Å²) in [5.41, 5.74) is 0. The lowest BCUT2D eigenvalue weighted by atomic mass is 10.1. The van der Waals surface area contributed by atoms with Gasteiger partial charge in [0.05, 0.1) is 6.10 Å². The van der Waals surface area contributed by atoms with E-state index in [1.807, 2.05) is 6.92 Å². The van der Waals surface area contributed by atoms with Crippen molar-refractivity contribution in [1.29, 1.82) is 0 Å². The topological polar surface area (TPSA) is 69.9 Å². The second-order valence-corrected chi connectivity index (χ2v) is 2.83. The van der Waals surface area contributed by atoms with E-state index in [-0.39, 0.29) is 0 Å². The van der Waals surface area contributed by atoms with E-state index in [1.54, 1.807) is 0 Å². The number of rotatable bonds is 2. The van der Waals surface area contributed by atoms with Crippen molar-refractivity contribution in [3.05, 3.63) is 0 Å². The van der Waals surface area contributed by atoms with Crippen LogP contribution in [0.15, 0.2) is 0 Å². The minimum atomic E-state index is -1.22. The van der Waals surface area contributed by atoms with Crippen molar-refractivity contribution < 1.29 is 20.1 Å². The molecule has 0 radical (unpaired) electrons. The predicted molar refractivity (Wildman–Crippen MR) is 37.8 cm³/mol. The van der Waals surface area contributed by atoms with Gasteiger partial charge in [0.1, 0.15) is 12.2 Å². The zero-order chi connectivity index (χ0) is 8.43. The standard InChI is InChI=1S/C7H14O4/c1-2-3-4-5(8)6(9)7(10)11-4/h4-10H,2-3H2,1H3/t4-,5?,6?,7-/m0/s1. The maximum atomic E-state index is 9.22. The third-order valence-electron chi connectivity index (χ3n) is 1.91. The fourth-order valence-electron chi connectivity index (χ4n) is 1.25. The van der Waals surface area contributed by atoms with Crippen LogP contribution in [0.3, 0.4) is 0 Å². The molecule has 11 heavy (non-hydrogen) atoms. The molecule has 1 fully saturated rings. The van der Waals surface area contributed by atoms with E-state index in [0.717, 1.165) is 6.42 Å². The molecular weight excluding hydrogens is 148 g/mol. The molecule has 4 heteroatoms. The zero-order valence-corrected chi connectivity index (χ0v) is 6.47. The molecule has 0 aromatic heterocycles. The maximum Gasteiger partial charge on any atom is 0.183 e. The molecule has 1 heterocycles. The highest BCUT2D eigenvalue weighted by molar-refractivity contribution is 4.85. The van der Waals surface area contributed by atoms with Gasteiger partial charge in [0.25, 0.3) is 0 Å². The molecule has 2 unspecified atom stereocenters. The Hall–Kier alpha value is -0.160. The second-order valence-electron chi connectivity index (χ2n) is 2.83. The Morgan fingerprint density at radius 2 is 1.82 bits per heavy atom. The lowest BCUT2D eigenvalue weighted by Crippen LogP contribution is -2.32. The molecule has 0 aliphatic carbocycles. The first-order chi connectivity index (χ1) is 5.16. The van der Waals surface area contributed by atoms with Crippen LogP contribution < -0.4 is 0 Å². The molecule has 0 aromatic carbocycles. The van der Waals surface area contributed by atoms with E-state index < -0.39 is 24.6 Å². The molecule has 4 nitrogen and oxygen atoms in total. The van der Waals surface area contributed by atoms with Crippen LogP contribution in [0.2, 0.25) is 0 Å². The zero-order valence-electron chi connectivity index (χ0n) is 6.47. The number of aliphatic hydroxyl groups excluding tert-OH is 3. The smallest absolute Gasteiger partial charge is 0.183 e. The lowest BCUT2D eigenvalue weighted by Gasteiger charge is -2.11. The number of aliphatic hydroxyl groups is 3. The Kier molecular flexibility index (Phi) is 2.84. The first-order valence-electron chi connectivity index (χ1n) is 3.86. The van der Waals surface area contributed by atoms with Crippen molar-refractivity contribution in [2.24, 2.45) is 0 Å². The van der Waals surface area contributed by atoms with Crippen LogP contribution >= 0.6 is 0 Å². The summed E-state index contributed by atoms with van der Waals surface area (Å²) in [4.78, 5) is 0. The van der Waals surface area contributed by atoms with Gasteiger partial charge in [-0.25, -0.2) is 0 Å². The molecule has 0 bridgehead atoms. The van der Waals surface area contributed by atoms with Gasteiger partial charge in [0, 0.05) is 0 Å². The molecule has 66 valence electrons. The molecule has 1 rings (SSSR count). The Morgan fingerprint density at radius 3 is 2.18 bits per heavy atom. The van der Waals surface area contributed by atoms with Gasteiger partial charge in [-0.05, 0) is 6.42 Å². The van der Waals surface area contributed by atoms with E-state index in [9.17, 15) is 5.11 Å². The average molecular weight is 162 g/mol. The van der Waals surface area contributed by atoms with Gasteiger partial charge in [0.2, 0.25) is 0 Å². The summed E-state index contributed by atoms with van der Waals surface area (Å²) in [6.45, 7) is 1.95. The molecule has 1 aliphatic heterocycles. The van der Waals surface area contributed by atoms with Gasteiger partial charge in [-0.1, -0.05) is 13.3 Å². The van der Waals surface area contributed by atoms with Crippen molar-refractivity contribution in [3.63, 3.8) is 0 Å². The monoisotopic (exact) mass is 162 g/mol. The quantitative estimate of drug-likeness (QED) is 0.498. The van der Waals surface area contributed by atoms with E-state index in [2.05, 4.69) is 0 Å². The maximum absolute atomic E-state index is 9.22. The van der Waals surface area contributed by atoms with Crippen molar-refractivity contribution in [2.45, 2.75) is 44.4 Å². The second kappa shape index (κ2) is 3.49. The number of hydrogen-bond donors (Lipinski definition) is 3. The van der Waals surface area contributed by atoms with E-state index in [1.165, 1.54) is 0 Å². The van der Waals surface area contributed by atoms with Gasteiger partial charge >= 0.3 is 0 Å². The third-order valence-corrected chi connectivity index (χ3v) is 1.91.